The molecule has 2 aliphatic rings. The van der Waals surface area contributed by atoms with Crippen molar-refractivity contribution >= 4 is 0 Å². The number of ether oxygens (including phenoxy) is 6. The number of hydrogen-bond acceptors (Lipinski definition) is 7. The molecule has 2 aromatic rings. The fourth-order valence-corrected chi connectivity index (χ4v) is 3.91. The van der Waals surface area contributed by atoms with E-state index in [0.717, 1.165) is 11.1 Å². The summed E-state index contributed by atoms with van der Waals surface area (Å²) < 4.78 is 33.4. The van der Waals surface area contributed by atoms with Gasteiger partial charge in [-0.25, -0.2) is 0 Å². The summed E-state index contributed by atoms with van der Waals surface area (Å²) in [5, 5.41) is 10.9. The summed E-state index contributed by atoms with van der Waals surface area (Å²) >= 11 is 0. The van der Waals surface area contributed by atoms with Gasteiger partial charge in [0.1, 0.15) is 5.75 Å². The minimum absolute atomic E-state index is 0.166. The summed E-state index contributed by atoms with van der Waals surface area (Å²) in [5.41, 5.74) is 1.81. The number of aliphatic hydroxyl groups is 1. The molecule has 0 unspecified atom stereocenters. The lowest BCUT2D eigenvalue weighted by Crippen LogP contribution is -2.45. The minimum Gasteiger partial charge on any atom is -0.493 e. The van der Waals surface area contributed by atoms with E-state index >= 15 is 0 Å². The second-order valence-corrected chi connectivity index (χ2v) is 7.13. The molecule has 0 fully saturated rings. The second kappa shape index (κ2) is 6.67. The molecule has 0 amide bonds. The van der Waals surface area contributed by atoms with Crippen molar-refractivity contribution in [3.63, 3.8) is 0 Å². The van der Waals surface area contributed by atoms with Gasteiger partial charge in [0.15, 0.2) is 23.0 Å². The van der Waals surface area contributed by atoms with Crippen LogP contribution in [0.1, 0.15) is 30.9 Å². The van der Waals surface area contributed by atoms with Crippen molar-refractivity contribution in [1.29, 1.82) is 0 Å². The summed E-state index contributed by atoms with van der Waals surface area (Å²) in [6, 6.07) is 7.48. The zero-order valence-electron chi connectivity index (χ0n) is 16.6. The first-order valence-corrected chi connectivity index (χ1v) is 9.04. The van der Waals surface area contributed by atoms with Crippen LogP contribution in [0.4, 0.5) is 0 Å². The molecule has 0 aromatic heterocycles. The van der Waals surface area contributed by atoms with Gasteiger partial charge in [0.25, 0.3) is 0 Å². The van der Waals surface area contributed by atoms with Gasteiger partial charge >= 0.3 is 0 Å². The molecule has 0 bridgehead atoms. The Morgan fingerprint density at radius 3 is 2.11 bits per heavy atom. The second-order valence-electron chi connectivity index (χ2n) is 7.13. The third-order valence-corrected chi connectivity index (χ3v) is 5.55. The van der Waals surface area contributed by atoms with Crippen LogP contribution >= 0.6 is 0 Å². The molecule has 2 aliphatic heterocycles. The summed E-state index contributed by atoms with van der Waals surface area (Å²) in [5.74, 6) is 1.63. The average molecular weight is 388 g/mol. The lowest BCUT2D eigenvalue weighted by Gasteiger charge is -2.42. The third kappa shape index (κ3) is 2.77. The predicted octanol–water partition coefficient (Wildman–Crippen LogP) is 3.31. The molecule has 0 spiro atoms. The molecule has 0 radical (unpaired) electrons. The Hall–Kier alpha value is -2.80. The number of hydrogen-bond donors (Lipinski definition) is 1. The highest BCUT2D eigenvalue weighted by atomic mass is 16.7. The van der Waals surface area contributed by atoms with Crippen molar-refractivity contribution in [2.24, 2.45) is 5.92 Å². The van der Waals surface area contributed by atoms with Gasteiger partial charge in [-0.2, -0.15) is 0 Å². The number of methoxy groups -OCH3 is 3. The van der Waals surface area contributed by atoms with Crippen molar-refractivity contribution < 1.29 is 33.5 Å². The highest BCUT2D eigenvalue weighted by molar-refractivity contribution is 5.60. The van der Waals surface area contributed by atoms with E-state index in [0.29, 0.717) is 34.5 Å². The van der Waals surface area contributed by atoms with Gasteiger partial charge in [0.05, 0.1) is 21.3 Å². The Kier molecular flexibility index (Phi) is 4.42. The molecule has 0 saturated carbocycles. The molecule has 3 atom stereocenters. The Bertz CT molecular complexity index is 881. The van der Waals surface area contributed by atoms with E-state index in [9.17, 15) is 5.11 Å². The van der Waals surface area contributed by atoms with Crippen LogP contribution in [-0.4, -0.2) is 39.0 Å². The van der Waals surface area contributed by atoms with Crippen LogP contribution in [-0.2, 0) is 0 Å². The van der Waals surface area contributed by atoms with E-state index < -0.39 is 5.79 Å². The molecule has 2 aromatic carbocycles. The monoisotopic (exact) mass is 388 g/mol. The molecular weight excluding hydrogens is 364 g/mol. The van der Waals surface area contributed by atoms with Crippen molar-refractivity contribution in [3.8, 4) is 34.5 Å². The summed E-state index contributed by atoms with van der Waals surface area (Å²) in [6.45, 7) is 3.77. The molecule has 150 valence electrons. The van der Waals surface area contributed by atoms with Gasteiger partial charge in [-0.1, -0.05) is 6.92 Å². The van der Waals surface area contributed by atoms with Crippen molar-refractivity contribution in [2.75, 3.05) is 28.1 Å². The zero-order valence-corrected chi connectivity index (χ0v) is 16.6. The maximum atomic E-state index is 10.9. The van der Waals surface area contributed by atoms with Gasteiger partial charge < -0.3 is 33.5 Å². The smallest absolute Gasteiger partial charge is 0.231 e. The summed E-state index contributed by atoms with van der Waals surface area (Å²) in [7, 11) is 4.73. The van der Waals surface area contributed by atoms with Gasteiger partial charge in [-0.3, -0.25) is 0 Å². The first-order valence-electron chi connectivity index (χ1n) is 9.04. The Morgan fingerprint density at radius 2 is 1.54 bits per heavy atom. The Balaban J connectivity index is 1.92. The lowest BCUT2D eigenvalue weighted by atomic mass is 9.75. The topological polar surface area (TPSA) is 75.6 Å². The van der Waals surface area contributed by atoms with Gasteiger partial charge in [0, 0.05) is 30.4 Å². The fourth-order valence-electron chi connectivity index (χ4n) is 3.91. The highest BCUT2D eigenvalue weighted by Gasteiger charge is 2.45. The molecule has 28 heavy (non-hydrogen) atoms. The highest BCUT2D eigenvalue weighted by Crippen LogP contribution is 2.53. The molecule has 7 nitrogen and oxygen atoms in total. The van der Waals surface area contributed by atoms with Crippen LogP contribution in [0.3, 0.4) is 0 Å². The molecule has 0 aliphatic carbocycles. The lowest BCUT2D eigenvalue weighted by molar-refractivity contribution is -0.171. The van der Waals surface area contributed by atoms with Crippen LogP contribution in [0, 0.1) is 5.92 Å². The largest absolute Gasteiger partial charge is 0.493 e. The first-order chi connectivity index (χ1) is 13.4. The molecule has 0 saturated heterocycles. The first kappa shape index (κ1) is 18.6. The Morgan fingerprint density at radius 1 is 0.929 bits per heavy atom. The maximum Gasteiger partial charge on any atom is 0.231 e. The third-order valence-electron chi connectivity index (χ3n) is 5.55. The quantitative estimate of drug-likeness (QED) is 0.861. The standard InChI is InChI=1S/C21H24O7/c1-11-19(12-6-17(23-3)20(25-5)18(7-12)24-4)13-8-15-16(27-10-26-15)9-14(13)28-21(11,2)22/h6-9,11,19,22H,10H2,1-5H3/t11-,19-,21+/m0/s1. The van der Waals surface area contributed by atoms with Gasteiger partial charge in [0.2, 0.25) is 18.3 Å². The normalized spacial score (nSPS) is 24.9. The van der Waals surface area contributed by atoms with Crippen LogP contribution in [0.15, 0.2) is 24.3 Å². The molecule has 4 rings (SSSR count). The number of rotatable bonds is 4. The molecule has 7 heteroatoms. The number of benzene rings is 2. The average Bonchev–Trinajstić information content (AvgIpc) is 3.13. The Labute approximate surface area is 163 Å². The van der Waals surface area contributed by atoms with E-state index in [2.05, 4.69) is 0 Å². The zero-order chi connectivity index (χ0) is 20.1. The number of fused-ring (bicyclic) bond motifs is 2. The van der Waals surface area contributed by atoms with E-state index in [1.807, 2.05) is 25.1 Å². The minimum atomic E-state index is -1.37. The predicted molar refractivity (Wildman–Crippen MR) is 101 cm³/mol. The van der Waals surface area contributed by atoms with Crippen molar-refractivity contribution in [3.05, 3.63) is 35.4 Å². The van der Waals surface area contributed by atoms with Gasteiger partial charge in [-0.15, -0.1) is 0 Å². The van der Waals surface area contributed by atoms with E-state index in [1.165, 1.54) is 0 Å². The van der Waals surface area contributed by atoms with Crippen LogP contribution in [0.25, 0.3) is 0 Å². The van der Waals surface area contributed by atoms with Crippen molar-refractivity contribution in [1.82, 2.24) is 0 Å². The van der Waals surface area contributed by atoms with E-state index in [-0.39, 0.29) is 18.6 Å². The van der Waals surface area contributed by atoms with Gasteiger partial charge in [-0.05, 0) is 23.8 Å². The van der Waals surface area contributed by atoms with Crippen LogP contribution < -0.4 is 28.4 Å². The summed E-state index contributed by atoms with van der Waals surface area (Å²) in [4.78, 5) is 0. The molecule has 1 N–H and O–H groups in total. The van der Waals surface area contributed by atoms with Crippen LogP contribution in [0.5, 0.6) is 34.5 Å². The SMILES string of the molecule is COc1cc([C@H]2c3cc4c(cc3O[C@@](C)(O)[C@H]2C)OCO4)cc(OC)c1OC. The van der Waals surface area contributed by atoms with E-state index in [1.54, 1.807) is 34.3 Å². The summed E-state index contributed by atoms with van der Waals surface area (Å²) in [6.07, 6.45) is 0. The molecule has 2 heterocycles. The molecular formula is C21H24O7. The van der Waals surface area contributed by atoms with Crippen molar-refractivity contribution in [2.45, 2.75) is 25.6 Å². The van der Waals surface area contributed by atoms with Crippen LogP contribution in [0.2, 0.25) is 0 Å². The fraction of sp³-hybridized carbons (Fsp3) is 0.429. The maximum absolute atomic E-state index is 10.9. The van der Waals surface area contributed by atoms with E-state index in [4.69, 9.17) is 28.4 Å².